The van der Waals surface area contributed by atoms with Crippen LogP contribution in [0.3, 0.4) is 0 Å². The Bertz CT molecular complexity index is 695. The Morgan fingerprint density at radius 2 is 1.64 bits per heavy atom. The first-order chi connectivity index (χ1) is 11.8. The van der Waals surface area contributed by atoms with Crippen LogP contribution in [0.4, 0.5) is 13.2 Å². The summed E-state index contributed by atoms with van der Waals surface area (Å²) in [6.45, 7) is 0.237. The lowest BCUT2D eigenvalue weighted by molar-refractivity contribution is -0.274. The Morgan fingerprint density at radius 1 is 1.00 bits per heavy atom. The highest BCUT2D eigenvalue weighted by atomic mass is 32.2. The van der Waals surface area contributed by atoms with Crippen LogP contribution in [0.15, 0.2) is 47.4 Å². The van der Waals surface area contributed by atoms with Gasteiger partial charge in [0.15, 0.2) is 4.90 Å². The molecule has 1 unspecified atom stereocenters. The molecule has 136 valence electrons. The van der Waals surface area contributed by atoms with Gasteiger partial charge in [0.1, 0.15) is 17.2 Å². The van der Waals surface area contributed by atoms with Crippen LogP contribution in [0.2, 0.25) is 0 Å². The number of methoxy groups -OCH3 is 2. The van der Waals surface area contributed by atoms with Gasteiger partial charge < -0.3 is 18.8 Å². The highest BCUT2D eigenvalue weighted by Crippen LogP contribution is 2.26. The third-order valence-corrected chi connectivity index (χ3v) is 4.27. The van der Waals surface area contributed by atoms with E-state index in [-0.39, 0.29) is 12.3 Å². The van der Waals surface area contributed by atoms with Gasteiger partial charge in [-0.05, 0) is 30.3 Å². The molecule has 0 heterocycles. The molecule has 2 aromatic carbocycles. The van der Waals surface area contributed by atoms with Gasteiger partial charge in [-0.1, -0.05) is 6.07 Å². The fraction of sp³-hybridized carbons (Fsp3) is 0.250. The molecule has 2 rings (SSSR count). The maximum atomic E-state index is 12.2. The SMILES string of the molecule is COc1ccc(CN[S+]([O-])c2ccc(OC(F)(F)F)cc2)c(OC)c1. The minimum absolute atomic E-state index is 0.237. The van der Waals surface area contributed by atoms with E-state index in [0.717, 1.165) is 17.7 Å². The first-order valence-corrected chi connectivity index (χ1v) is 8.19. The zero-order valence-electron chi connectivity index (χ0n) is 13.4. The summed E-state index contributed by atoms with van der Waals surface area (Å²) < 4.78 is 65.5. The lowest BCUT2D eigenvalue weighted by atomic mass is 10.2. The standard InChI is InChI=1S/C16H16F3NO4S/c1-22-13-4-3-11(15(9-13)23-2)10-20-25(21)14-7-5-12(6-8-14)24-16(17,18)19/h3-9,20H,10H2,1-2H3. The molecule has 1 N–H and O–H groups in total. The monoisotopic (exact) mass is 375 g/mol. The number of rotatable bonds is 7. The average Bonchev–Trinajstić information content (AvgIpc) is 2.58. The van der Waals surface area contributed by atoms with Gasteiger partial charge in [-0.15, -0.1) is 17.9 Å². The Morgan fingerprint density at radius 3 is 2.20 bits per heavy atom. The summed E-state index contributed by atoms with van der Waals surface area (Å²) in [7, 11) is 3.04. The van der Waals surface area contributed by atoms with E-state index in [1.165, 1.54) is 26.4 Å². The topological polar surface area (TPSA) is 62.8 Å². The molecule has 0 aliphatic carbocycles. The number of nitrogens with one attached hydrogen (secondary N) is 1. The van der Waals surface area contributed by atoms with Gasteiger partial charge in [-0.2, -0.15) is 0 Å². The fourth-order valence-electron chi connectivity index (χ4n) is 1.99. The van der Waals surface area contributed by atoms with Crippen molar-refractivity contribution in [3.05, 3.63) is 48.0 Å². The van der Waals surface area contributed by atoms with Crippen LogP contribution in [0, 0.1) is 0 Å². The minimum Gasteiger partial charge on any atom is -0.593 e. The van der Waals surface area contributed by atoms with Gasteiger partial charge in [-0.3, -0.25) is 0 Å². The molecular formula is C16H16F3NO4S. The first kappa shape index (κ1) is 19.2. The van der Waals surface area contributed by atoms with Crippen molar-refractivity contribution in [2.75, 3.05) is 14.2 Å². The van der Waals surface area contributed by atoms with Gasteiger partial charge in [-0.25, -0.2) is 0 Å². The van der Waals surface area contributed by atoms with Crippen molar-refractivity contribution in [2.24, 2.45) is 0 Å². The molecule has 5 nitrogen and oxygen atoms in total. The summed E-state index contributed by atoms with van der Waals surface area (Å²) in [5.41, 5.74) is 0.758. The number of alkyl halides is 3. The molecule has 0 aliphatic heterocycles. The van der Waals surface area contributed by atoms with Crippen LogP contribution in [-0.4, -0.2) is 25.1 Å². The van der Waals surface area contributed by atoms with Crippen LogP contribution < -0.4 is 18.9 Å². The number of hydrogen-bond donors (Lipinski definition) is 1. The molecule has 0 bridgehead atoms. The zero-order valence-corrected chi connectivity index (χ0v) is 14.2. The molecule has 2 aromatic rings. The summed E-state index contributed by atoms with van der Waals surface area (Å²) in [5.74, 6) is 0.824. The Labute approximate surface area is 146 Å². The van der Waals surface area contributed by atoms with Crippen LogP contribution >= 0.6 is 0 Å². The van der Waals surface area contributed by atoms with Crippen LogP contribution in [0.1, 0.15) is 5.56 Å². The maximum absolute atomic E-state index is 12.2. The number of ether oxygens (including phenoxy) is 3. The highest BCUT2D eigenvalue weighted by Gasteiger charge is 2.31. The van der Waals surface area contributed by atoms with Crippen molar-refractivity contribution < 1.29 is 31.9 Å². The van der Waals surface area contributed by atoms with E-state index in [0.29, 0.717) is 16.4 Å². The van der Waals surface area contributed by atoms with Gasteiger partial charge in [0, 0.05) is 11.6 Å². The quantitative estimate of drug-likeness (QED) is 0.752. The molecule has 0 spiro atoms. The predicted octanol–water partition coefficient (Wildman–Crippen LogP) is 3.41. The van der Waals surface area contributed by atoms with Crippen molar-refractivity contribution >= 4 is 11.4 Å². The maximum Gasteiger partial charge on any atom is 0.573 e. The zero-order chi connectivity index (χ0) is 18.4. The number of benzene rings is 2. The average molecular weight is 375 g/mol. The fourth-order valence-corrected chi connectivity index (χ4v) is 2.83. The molecule has 0 fully saturated rings. The largest absolute Gasteiger partial charge is 0.593 e. The third-order valence-electron chi connectivity index (χ3n) is 3.16. The molecule has 25 heavy (non-hydrogen) atoms. The van der Waals surface area contributed by atoms with E-state index in [4.69, 9.17) is 9.47 Å². The van der Waals surface area contributed by atoms with Gasteiger partial charge >= 0.3 is 6.36 Å². The van der Waals surface area contributed by atoms with Crippen LogP contribution in [-0.2, 0) is 17.9 Å². The molecule has 9 heteroatoms. The summed E-state index contributed by atoms with van der Waals surface area (Å²) in [6, 6.07) is 10.0. The second-order valence-corrected chi connectivity index (χ2v) is 6.08. The van der Waals surface area contributed by atoms with Crippen molar-refractivity contribution in [3.63, 3.8) is 0 Å². The van der Waals surface area contributed by atoms with Crippen molar-refractivity contribution in [2.45, 2.75) is 17.8 Å². The third kappa shape index (κ3) is 5.73. The van der Waals surface area contributed by atoms with E-state index in [2.05, 4.69) is 9.46 Å². The molecular weight excluding hydrogens is 359 g/mol. The minimum atomic E-state index is -4.76. The molecule has 0 aromatic heterocycles. The van der Waals surface area contributed by atoms with Crippen LogP contribution in [0.5, 0.6) is 17.2 Å². The molecule has 1 atom stereocenters. The smallest absolute Gasteiger partial charge is 0.573 e. The summed E-state index contributed by atoms with van der Waals surface area (Å²) in [4.78, 5) is 0.321. The summed E-state index contributed by atoms with van der Waals surface area (Å²) >= 11 is -1.61. The summed E-state index contributed by atoms with van der Waals surface area (Å²) in [5, 5.41) is 0. The van der Waals surface area contributed by atoms with Crippen molar-refractivity contribution in [1.29, 1.82) is 0 Å². The normalized spacial score (nSPS) is 12.6. The Kier molecular flexibility index (Phi) is 6.40. The van der Waals surface area contributed by atoms with Crippen LogP contribution in [0.25, 0.3) is 0 Å². The van der Waals surface area contributed by atoms with Gasteiger partial charge in [0.05, 0.1) is 32.1 Å². The lowest BCUT2D eigenvalue weighted by Crippen LogP contribution is -2.23. The van der Waals surface area contributed by atoms with Gasteiger partial charge in [0.2, 0.25) is 0 Å². The highest BCUT2D eigenvalue weighted by molar-refractivity contribution is 7.89. The van der Waals surface area contributed by atoms with E-state index >= 15 is 0 Å². The van der Waals surface area contributed by atoms with E-state index in [1.807, 2.05) is 0 Å². The second kappa shape index (κ2) is 8.32. The lowest BCUT2D eigenvalue weighted by Gasteiger charge is -2.14. The van der Waals surface area contributed by atoms with Gasteiger partial charge in [0.25, 0.3) is 0 Å². The predicted molar refractivity (Wildman–Crippen MR) is 85.9 cm³/mol. The Hall–Kier alpha value is -2.10. The number of hydrogen-bond acceptors (Lipinski definition) is 5. The molecule has 0 aliphatic rings. The van der Waals surface area contributed by atoms with E-state index in [9.17, 15) is 17.7 Å². The van der Waals surface area contributed by atoms with Crippen molar-refractivity contribution in [1.82, 2.24) is 4.72 Å². The summed E-state index contributed by atoms with van der Waals surface area (Å²) in [6.07, 6.45) is -4.76. The van der Waals surface area contributed by atoms with E-state index in [1.54, 1.807) is 18.2 Å². The first-order valence-electron chi connectivity index (χ1n) is 7.04. The van der Waals surface area contributed by atoms with E-state index < -0.39 is 17.7 Å². The Balaban J connectivity index is 1.99. The number of halogens is 3. The molecule has 0 radical (unpaired) electrons. The second-order valence-electron chi connectivity index (χ2n) is 4.79. The molecule has 0 amide bonds. The van der Waals surface area contributed by atoms with Crippen molar-refractivity contribution in [3.8, 4) is 17.2 Å². The molecule has 0 saturated heterocycles. The molecule has 0 saturated carbocycles.